The summed E-state index contributed by atoms with van der Waals surface area (Å²) in [5.41, 5.74) is 0.743. The van der Waals surface area contributed by atoms with Gasteiger partial charge in [-0.25, -0.2) is 0 Å². The molecule has 0 fully saturated rings. The molecule has 0 amide bonds. The van der Waals surface area contributed by atoms with Gasteiger partial charge in [0.05, 0.1) is 0 Å². The molecule has 0 aliphatic heterocycles. The zero-order valence-electron chi connectivity index (χ0n) is 9.10. The molecule has 83 valence electrons. The number of nitro groups is 2. The van der Waals surface area contributed by atoms with Gasteiger partial charge in [0.2, 0.25) is 0 Å². The second-order valence-electron chi connectivity index (χ2n) is 3.21. The largest absolute Gasteiger partial charge is 0.260 e. The fourth-order valence-electron chi connectivity index (χ4n) is 1.30. The number of nitrogens with zero attached hydrogens (tertiary/aromatic N) is 2. The quantitative estimate of drug-likeness (QED) is 0.476. The molecule has 0 atom stereocenters. The van der Waals surface area contributed by atoms with Crippen LogP contribution in [0.4, 0.5) is 11.4 Å². The first-order valence-corrected chi connectivity index (χ1v) is 4.18. The van der Waals surface area contributed by atoms with Crippen LogP contribution in [-0.2, 0) is 32.7 Å². The van der Waals surface area contributed by atoms with Crippen LogP contribution >= 0.6 is 0 Å². The third-order valence-electron chi connectivity index (χ3n) is 2.44. The van der Waals surface area contributed by atoms with Gasteiger partial charge in [-0.05, 0) is 6.07 Å². The molecule has 1 aromatic rings. The van der Waals surface area contributed by atoms with Gasteiger partial charge < -0.3 is 0 Å². The van der Waals surface area contributed by atoms with E-state index in [9.17, 15) is 20.2 Å². The third-order valence-corrected chi connectivity index (χ3v) is 2.44. The molecule has 0 aromatic heterocycles. The van der Waals surface area contributed by atoms with E-state index in [1.807, 2.05) is 0 Å². The summed E-state index contributed by atoms with van der Waals surface area (Å²) in [6.45, 7) is 4.74. The molecule has 0 aliphatic rings. The van der Waals surface area contributed by atoms with Crippen LogP contribution in [-0.4, -0.2) is 9.85 Å². The molecule has 16 heavy (non-hydrogen) atoms. The maximum atomic E-state index is 10.6. The molecule has 0 aliphatic carbocycles. The van der Waals surface area contributed by atoms with Crippen molar-refractivity contribution in [1.82, 2.24) is 0 Å². The van der Waals surface area contributed by atoms with Crippen molar-refractivity contribution in [2.45, 2.75) is 20.8 Å². The van der Waals surface area contributed by atoms with Crippen LogP contribution in [0, 0.1) is 47.1 Å². The third kappa shape index (κ3) is 2.62. The summed E-state index contributed by atoms with van der Waals surface area (Å²) in [7, 11) is 0. The minimum Gasteiger partial charge on any atom is -0.260 e. The van der Waals surface area contributed by atoms with E-state index in [4.69, 9.17) is 0 Å². The van der Waals surface area contributed by atoms with E-state index < -0.39 is 9.85 Å². The molecular weight excluding hydrogens is 289 g/mol. The minimum absolute atomic E-state index is 0. The van der Waals surface area contributed by atoms with Gasteiger partial charge in [-0.15, -0.1) is 5.56 Å². The van der Waals surface area contributed by atoms with Crippen molar-refractivity contribution in [1.29, 1.82) is 0 Å². The second-order valence-corrected chi connectivity index (χ2v) is 3.21. The summed E-state index contributed by atoms with van der Waals surface area (Å²) < 4.78 is 0. The van der Waals surface area contributed by atoms with E-state index in [1.54, 1.807) is 20.8 Å². The van der Waals surface area contributed by atoms with Crippen molar-refractivity contribution in [3.05, 3.63) is 43.0 Å². The number of nitro benzene ring substituents is 2. The molecule has 0 N–H and O–H groups in total. The Kier molecular flexibility index (Phi) is 5.15. The first-order chi connectivity index (χ1) is 6.86. The van der Waals surface area contributed by atoms with Crippen molar-refractivity contribution >= 4 is 11.4 Å². The van der Waals surface area contributed by atoms with Gasteiger partial charge in [-0.3, -0.25) is 20.2 Å². The number of hydrogen-bond donors (Lipinski definition) is 0. The molecule has 0 saturated carbocycles. The molecule has 1 rings (SSSR count). The average Bonchev–Trinajstić information content (AvgIpc) is 2.13. The molecule has 0 spiro atoms. The van der Waals surface area contributed by atoms with E-state index in [-0.39, 0.29) is 44.1 Å². The maximum absolute atomic E-state index is 10.6. The molecule has 0 saturated heterocycles. The second kappa shape index (κ2) is 5.45. The van der Waals surface area contributed by atoms with Gasteiger partial charge in [0.25, 0.3) is 0 Å². The Hall–Kier alpha value is -0.876. The van der Waals surface area contributed by atoms with Crippen molar-refractivity contribution < 1.29 is 42.6 Å². The zero-order chi connectivity index (χ0) is 11.7. The van der Waals surface area contributed by atoms with Gasteiger partial charge >= 0.3 is 0 Å². The summed E-state index contributed by atoms with van der Waals surface area (Å²) in [6, 6.07) is 2.22. The Morgan fingerprint density at radius 3 is 1.44 bits per heavy atom. The van der Waals surface area contributed by atoms with Gasteiger partial charge in [0.15, 0.2) is 11.4 Å². The van der Waals surface area contributed by atoms with Crippen LogP contribution in [0.3, 0.4) is 0 Å². The normalized spacial score (nSPS) is 9.44. The molecule has 0 unspecified atom stereocenters. The summed E-state index contributed by atoms with van der Waals surface area (Å²) in [4.78, 5) is 19.9. The number of rotatable bonds is 2. The predicted octanol–water partition coefficient (Wildman–Crippen LogP) is 2.23. The van der Waals surface area contributed by atoms with Gasteiger partial charge in [0, 0.05) is 42.6 Å². The first kappa shape index (κ1) is 15.1. The van der Waals surface area contributed by atoms with Crippen LogP contribution in [0.1, 0.15) is 16.7 Å². The minimum atomic E-state index is -0.658. The average molecular weight is 298 g/mol. The van der Waals surface area contributed by atoms with Crippen molar-refractivity contribution in [3.63, 3.8) is 0 Å². The summed E-state index contributed by atoms with van der Waals surface area (Å²) >= 11 is 0. The van der Waals surface area contributed by atoms with Crippen LogP contribution in [0.5, 0.6) is 0 Å². The Labute approximate surface area is 117 Å². The van der Waals surface area contributed by atoms with Crippen molar-refractivity contribution in [2.24, 2.45) is 0 Å². The Morgan fingerprint density at radius 2 is 1.19 bits per heavy atom. The Morgan fingerprint density at radius 1 is 0.875 bits per heavy atom. The molecule has 1 aromatic carbocycles. The van der Waals surface area contributed by atoms with Gasteiger partial charge in [-0.2, -0.15) is 0 Å². The summed E-state index contributed by atoms with van der Waals surface area (Å²) in [5, 5.41) is 21.2. The molecule has 1 radical (unpaired) electrons. The summed E-state index contributed by atoms with van der Waals surface area (Å²) in [6.07, 6.45) is 0. The van der Waals surface area contributed by atoms with E-state index in [0.29, 0.717) is 16.7 Å². The molecule has 0 bridgehead atoms. The van der Waals surface area contributed by atoms with Crippen molar-refractivity contribution in [2.75, 3.05) is 0 Å². The fourth-order valence-corrected chi connectivity index (χ4v) is 1.30. The maximum Gasteiger partial charge on any atom is 0.172 e. The number of hydrogen-bond acceptors (Lipinski definition) is 4. The molecule has 7 heteroatoms. The van der Waals surface area contributed by atoms with Crippen LogP contribution in [0.2, 0.25) is 0 Å². The van der Waals surface area contributed by atoms with Crippen molar-refractivity contribution in [3.8, 4) is 0 Å². The fraction of sp³-hybridized carbons (Fsp3) is 0.333. The van der Waals surface area contributed by atoms with Crippen LogP contribution in [0.15, 0.2) is 0 Å². The van der Waals surface area contributed by atoms with Crippen LogP contribution < -0.4 is 0 Å². The van der Waals surface area contributed by atoms with E-state index in [0.717, 1.165) is 0 Å². The topological polar surface area (TPSA) is 86.3 Å². The first-order valence-electron chi connectivity index (χ1n) is 4.18. The molecule has 6 nitrogen and oxygen atoms in total. The molecule has 0 heterocycles. The van der Waals surface area contributed by atoms with Gasteiger partial charge in [0.1, 0.15) is 0 Å². The number of benzene rings is 1. The summed E-state index contributed by atoms with van der Waals surface area (Å²) in [5.74, 6) is 0. The van der Waals surface area contributed by atoms with E-state index in [2.05, 4.69) is 6.07 Å². The Balaban J connectivity index is 0.00000225. The molecular formula is C9H9N2O4Y-. The van der Waals surface area contributed by atoms with Gasteiger partial charge in [-0.1, -0.05) is 31.9 Å². The van der Waals surface area contributed by atoms with E-state index >= 15 is 0 Å². The monoisotopic (exact) mass is 298 g/mol. The zero-order valence-corrected chi connectivity index (χ0v) is 11.9. The van der Waals surface area contributed by atoms with E-state index in [1.165, 1.54) is 0 Å². The standard InChI is InChI=1S/C9H9N2O4.Y/c1-5-6(2)8(10(12)13)4-9(7(5)3)11(14)15;/h1-3H3;/q-1;. The SMILES string of the molecule is Cc1c([N+](=O)[O-])[c-]c([N+](=O)[O-])c(C)c1C.[Y]. The Bertz CT molecular complexity index is 421. The van der Waals surface area contributed by atoms with Crippen LogP contribution in [0.25, 0.3) is 0 Å². The predicted molar refractivity (Wildman–Crippen MR) is 52.8 cm³/mol. The smallest absolute Gasteiger partial charge is 0.172 e.